The van der Waals surface area contributed by atoms with Crippen molar-refractivity contribution in [2.24, 2.45) is 5.92 Å². The van der Waals surface area contributed by atoms with E-state index in [0.717, 1.165) is 11.7 Å². The van der Waals surface area contributed by atoms with E-state index in [1.54, 1.807) is 0 Å². The summed E-state index contributed by atoms with van der Waals surface area (Å²) in [6.07, 6.45) is 3.73. The number of nitrogens with zero attached hydrogens (tertiary/aromatic N) is 2. The molecule has 1 N–H and O–H groups in total. The number of likely N-dealkylation sites (N-methyl/N-ethyl adjacent to an activating group) is 1. The molecule has 2 atom stereocenters. The second-order valence-electron chi connectivity index (χ2n) is 5.47. The van der Waals surface area contributed by atoms with E-state index in [9.17, 15) is 0 Å². The molecule has 4 nitrogen and oxygen atoms in total. The lowest BCUT2D eigenvalue weighted by atomic mass is 9.85. The van der Waals surface area contributed by atoms with Gasteiger partial charge in [0.2, 0.25) is 5.89 Å². The van der Waals surface area contributed by atoms with E-state index < -0.39 is 0 Å². The Morgan fingerprint density at radius 1 is 1.29 bits per heavy atom. The van der Waals surface area contributed by atoms with E-state index in [2.05, 4.69) is 36.2 Å². The molecule has 96 valence electrons. The molecule has 1 heterocycles. The van der Waals surface area contributed by atoms with Gasteiger partial charge in [-0.3, -0.25) is 0 Å². The first-order chi connectivity index (χ1) is 8.13. The maximum Gasteiger partial charge on any atom is 0.231 e. The zero-order chi connectivity index (χ0) is 12.4. The van der Waals surface area contributed by atoms with Crippen molar-refractivity contribution in [3.63, 3.8) is 0 Å². The summed E-state index contributed by atoms with van der Waals surface area (Å²) >= 11 is 0. The molecule has 0 saturated heterocycles. The SMILES string of the molecule is CNC(C)C(c1nc(C2CCC2)no1)C(C)C. The van der Waals surface area contributed by atoms with Gasteiger partial charge in [-0.05, 0) is 32.7 Å². The fourth-order valence-electron chi connectivity index (χ4n) is 2.47. The summed E-state index contributed by atoms with van der Waals surface area (Å²) in [5.41, 5.74) is 0. The molecule has 17 heavy (non-hydrogen) atoms. The van der Waals surface area contributed by atoms with Crippen LogP contribution in [0.4, 0.5) is 0 Å². The van der Waals surface area contributed by atoms with Crippen LogP contribution in [0.1, 0.15) is 63.6 Å². The van der Waals surface area contributed by atoms with Gasteiger partial charge in [-0.25, -0.2) is 0 Å². The second-order valence-corrected chi connectivity index (χ2v) is 5.47. The van der Waals surface area contributed by atoms with Gasteiger partial charge in [0.15, 0.2) is 5.82 Å². The Bertz CT molecular complexity index is 357. The lowest BCUT2D eigenvalue weighted by Gasteiger charge is -2.24. The van der Waals surface area contributed by atoms with E-state index in [1.807, 2.05) is 7.05 Å². The van der Waals surface area contributed by atoms with Gasteiger partial charge < -0.3 is 9.84 Å². The Balaban J connectivity index is 2.15. The molecule has 1 aromatic heterocycles. The standard InChI is InChI=1S/C13H23N3O/c1-8(2)11(9(3)14-4)13-15-12(16-17-13)10-6-5-7-10/h8-11,14H,5-7H2,1-4H3. The summed E-state index contributed by atoms with van der Waals surface area (Å²) in [6, 6.07) is 0.352. The van der Waals surface area contributed by atoms with E-state index in [-0.39, 0.29) is 0 Å². The van der Waals surface area contributed by atoms with Gasteiger partial charge in [0.05, 0.1) is 5.92 Å². The highest BCUT2D eigenvalue weighted by atomic mass is 16.5. The smallest absolute Gasteiger partial charge is 0.231 e. The second kappa shape index (κ2) is 5.17. The molecule has 0 amide bonds. The molecule has 4 heteroatoms. The topological polar surface area (TPSA) is 51.0 Å². The van der Waals surface area contributed by atoms with Gasteiger partial charge in [0.1, 0.15) is 0 Å². The fourth-order valence-corrected chi connectivity index (χ4v) is 2.47. The minimum atomic E-state index is 0.293. The molecule has 1 saturated carbocycles. The third-order valence-corrected chi connectivity index (χ3v) is 3.93. The third-order valence-electron chi connectivity index (χ3n) is 3.93. The average molecular weight is 237 g/mol. The molecule has 0 aliphatic heterocycles. The van der Waals surface area contributed by atoms with Gasteiger partial charge in [-0.15, -0.1) is 0 Å². The number of rotatable bonds is 5. The van der Waals surface area contributed by atoms with Crippen LogP contribution in [0.5, 0.6) is 0 Å². The summed E-state index contributed by atoms with van der Waals surface area (Å²) in [7, 11) is 1.98. The lowest BCUT2D eigenvalue weighted by Crippen LogP contribution is -2.32. The summed E-state index contributed by atoms with van der Waals surface area (Å²) < 4.78 is 5.47. The minimum Gasteiger partial charge on any atom is -0.339 e. The van der Waals surface area contributed by atoms with Crippen LogP contribution in [0, 0.1) is 5.92 Å². The fraction of sp³-hybridized carbons (Fsp3) is 0.846. The molecule has 0 radical (unpaired) electrons. The highest BCUT2D eigenvalue weighted by Crippen LogP contribution is 2.36. The van der Waals surface area contributed by atoms with Crippen molar-refractivity contribution in [2.75, 3.05) is 7.05 Å². The van der Waals surface area contributed by atoms with Crippen molar-refractivity contribution in [3.8, 4) is 0 Å². The maximum absolute atomic E-state index is 5.47. The van der Waals surface area contributed by atoms with E-state index >= 15 is 0 Å². The van der Waals surface area contributed by atoms with Gasteiger partial charge in [-0.2, -0.15) is 4.98 Å². The molecular formula is C13H23N3O. The van der Waals surface area contributed by atoms with Gasteiger partial charge >= 0.3 is 0 Å². The molecule has 2 unspecified atom stereocenters. The Hall–Kier alpha value is -0.900. The molecule has 0 bridgehead atoms. The van der Waals surface area contributed by atoms with Crippen LogP contribution in [-0.2, 0) is 0 Å². The summed E-state index contributed by atoms with van der Waals surface area (Å²) in [4.78, 5) is 4.61. The van der Waals surface area contributed by atoms with Gasteiger partial charge in [0.25, 0.3) is 0 Å². The normalized spacial score (nSPS) is 20.3. The van der Waals surface area contributed by atoms with Crippen molar-refractivity contribution in [2.45, 2.75) is 57.9 Å². The first-order valence-corrected chi connectivity index (χ1v) is 6.64. The van der Waals surface area contributed by atoms with Crippen molar-refractivity contribution < 1.29 is 4.52 Å². The molecule has 2 rings (SSSR count). The lowest BCUT2D eigenvalue weighted by molar-refractivity contribution is 0.282. The molecule has 0 spiro atoms. The monoisotopic (exact) mass is 237 g/mol. The Morgan fingerprint density at radius 2 is 2.00 bits per heavy atom. The average Bonchev–Trinajstić information content (AvgIpc) is 2.63. The zero-order valence-electron chi connectivity index (χ0n) is 11.2. The van der Waals surface area contributed by atoms with E-state index in [4.69, 9.17) is 4.52 Å². The first kappa shape index (κ1) is 12.6. The Kier molecular flexibility index (Phi) is 3.82. The Labute approximate surface area is 103 Å². The molecule has 1 fully saturated rings. The van der Waals surface area contributed by atoms with Crippen molar-refractivity contribution in [1.29, 1.82) is 0 Å². The van der Waals surface area contributed by atoms with Crippen LogP contribution in [0.25, 0.3) is 0 Å². The molecule has 1 aromatic rings. The molecule has 1 aliphatic carbocycles. The predicted octanol–water partition coefficient (Wildman–Crippen LogP) is 2.68. The number of hydrogen-bond acceptors (Lipinski definition) is 4. The quantitative estimate of drug-likeness (QED) is 0.855. The van der Waals surface area contributed by atoms with E-state index in [0.29, 0.717) is 23.8 Å². The molecule has 0 aromatic carbocycles. The van der Waals surface area contributed by atoms with Crippen LogP contribution in [0.3, 0.4) is 0 Å². The summed E-state index contributed by atoms with van der Waals surface area (Å²) in [5, 5.41) is 7.43. The predicted molar refractivity (Wildman–Crippen MR) is 67.0 cm³/mol. The summed E-state index contributed by atoms with van der Waals surface area (Å²) in [5.74, 6) is 3.04. The third kappa shape index (κ3) is 2.51. The van der Waals surface area contributed by atoms with Crippen LogP contribution >= 0.6 is 0 Å². The van der Waals surface area contributed by atoms with Crippen LogP contribution in [0.2, 0.25) is 0 Å². The molecule has 1 aliphatic rings. The first-order valence-electron chi connectivity index (χ1n) is 6.64. The minimum absolute atomic E-state index is 0.293. The zero-order valence-corrected chi connectivity index (χ0v) is 11.2. The van der Waals surface area contributed by atoms with Crippen LogP contribution in [-0.4, -0.2) is 23.2 Å². The maximum atomic E-state index is 5.47. The Morgan fingerprint density at radius 3 is 2.47 bits per heavy atom. The van der Waals surface area contributed by atoms with Crippen molar-refractivity contribution >= 4 is 0 Å². The van der Waals surface area contributed by atoms with E-state index in [1.165, 1.54) is 19.3 Å². The van der Waals surface area contributed by atoms with Crippen molar-refractivity contribution in [3.05, 3.63) is 11.7 Å². The van der Waals surface area contributed by atoms with Crippen LogP contribution in [0.15, 0.2) is 4.52 Å². The highest BCUT2D eigenvalue weighted by molar-refractivity contribution is 5.04. The number of nitrogens with one attached hydrogen (secondary N) is 1. The number of aromatic nitrogens is 2. The summed E-state index contributed by atoms with van der Waals surface area (Å²) in [6.45, 7) is 6.56. The molecular weight excluding hydrogens is 214 g/mol. The highest BCUT2D eigenvalue weighted by Gasteiger charge is 2.30. The number of hydrogen-bond donors (Lipinski definition) is 1. The largest absolute Gasteiger partial charge is 0.339 e. The van der Waals surface area contributed by atoms with Gasteiger partial charge in [0, 0.05) is 12.0 Å². The van der Waals surface area contributed by atoms with Crippen LogP contribution < -0.4 is 5.32 Å². The van der Waals surface area contributed by atoms with Crippen molar-refractivity contribution in [1.82, 2.24) is 15.5 Å². The van der Waals surface area contributed by atoms with Gasteiger partial charge in [-0.1, -0.05) is 25.4 Å².